The van der Waals surface area contributed by atoms with E-state index >= 15 is 0 Å². The molecule has 0 radical (unpaired) electrons. The maximum atomic E-state index is 5.35. The van der Waals surface area contributed by atoms with Gasteiger partial charge in [-0.1, -0.05) is 158 Å². The van der Waals surface area contributed by atoms with Crippen LogP contribution in [0, 0.1) is 23.7 Å². The molecule has 0 amide bonds. The van der Waals surface area contributed by atoms with E-state index in [4.69, 9.17) is 15.0 Å². The van der Waals surface area contributed by atoms with Crippen LogP contribution >= 0.6 is 11.3 Å². The fraction of sp³-hybridized carbons (Fsp3) is 0.175. The lowest BCUT2D eigenvalue weighted by atomic mass is 9.43. The van der Waals surface area contributed by atoms with Crippen molar-refractivity contribution in [3.8, 4) is 56.4 Å². The maximum absolute atomic E-state index is 5.35. The van der Waals surface area contributed by atoms with E-state index in [0.29, 0.717) is 29.3 Å². The molecule has 15 rings (SSSR count). The Morgan fingerprint density at radius 1 is 0.393 bits per heavy atom. The van der Waals surface area contributed by atoms with Crippen molar-refractivity contribution in [1.29, 1.82) is 0 Å². The van der Waals surface area contributed by atoms with Gasteiger partial charge in [0, 0.05) is 42.3 Å². The van der Waals surface area contributed by atoms with Gasteiger partial charge in [-0.15, -0.1) is 11.3 Å². The molecule has 4 saturated carbocycles. The van der Waals surface area contributed by atoms with E-state index in [9.17, 15) is 0 Å². The number of fused-ring (bicyclic) bond motifs is 10. The highest BCUT2D eigenvalue weighted by atomic mass is 32.1. The first-order valence-corrected chi connectivity index (χ1v) is 22.9. The van der Waals surface area contributed by atoms with Gasteiger partial charge in [0.1, 0.15) is 0 Å². The third-order valence-corrected chi connectivity index (χ3v) is 16.5. The van der Waals surface area contributed by atoms with Crippen LogP contribution < -0.4 is 0 Å². The lowest BCUT2D eigenvalue weighted by Gasteiger charge is -2.61. The third-order valence-electron chi connectivity index (χ3n) is 15.3. The molecule has 0 saturated heterocycles. The van der Waals surface area contributed by atoms with Gasteiger partial charge in [-0.05, 0) is 117 Å². The summed E-state index contributed by atoms with van der Waals surface area (Å²) in [4.78, 5) is 15.8. The van der Waals surface area contributed by atoms with Crippen molar-refractivity contribution in [2.24, 2.45) is 23.7 Å². The van der Waals surface area contributed by atoms with Gasteiger partial charge in [0.2, 0.25) is 0 Å². The van der Waals surface area contributed by atoms with E-state index in [2.05, 4.69) is 158 Å². The van der Waals surface area contributed by atoms with Crippen LogP contribution in [0.3, 0.4) is 0 Å². The average Bonchev–Trinajstić information content (AvgIpc) is 3.85. The van der Waals surface area contributed by atoms with Gasteiger partial charge in [-0.25, -0.2) is 15.0 Å². The zero-order valence-corrected chi connectivity index (χ0v) is 34.5. The predicted octanol–water partition coefficient (Wildman–Crippen LogP) is 14.9. The molecule has 1 spiro atoms. The fourth-order valence-corrected chi connectivity index (χ4v) is 14.5. The summed E-state index contributed by atoms with van der Waals surface area (Å²) in [5, 5.41) is 7.93. The van der Waals surface area contributed by atoms with Gasteiger partial charge in [0.25, 0.3) is 0 Å². The SMILES string of the molecule is c1ccc(-c2nc(-c3ccc(-c4cccc5ccccc45)cc3)nc(-c3cccc4sc5c6c(ccc5c34)-c3ccc4ccccc4c3C63C4CC5CC(C4)CC3C5)n2)cc1. The number of thiophene rings is 1. The Bertz CT molecular complexity index is 3400. The molecule has 8 aromatic carbocycles. The van der Waals surface area contributed by atoms with Crippen molar-refractivity contribution in [1.82, 2.24) is 15.0 Å². The molecule has 290 valence electrons. The molecule has 5 aliphatic rings. The summed E-state index contributed by atoms with van der Waals surface area (Å²) >= 11 is 2.00. The standard InChI is InChI=1S/C57H41N3S/c1-2-12-38(13-3-1)54-58-55(39-22-20-37(21-23-39)43-17-8-14-35-10-4-6-15-42(35)43)60-56(59-54)48-18-9-19-49-50(48)47-27-26-46-45-25-24-36-11-5-7-16-44(36)51(45)57(52(46)53(47)61-49)40-29-33-28-34(31-40)32-41(57)30-33/h1-27,33-34,40-41H,28-32H2. The van der Waals surface area contributed by atoms with Gasteiger partial charge >= 0.3 is 0 Å². The largest absolute Gasteiger partial charge is 0.208 e. The average molecular weight is 800 g/mol. The maximum Gasteiger partial charge on any atom is 0.164 e. The molecule has 0 N–H and O–H groups in total. The number of aromatic nitrogens is 3. The molecule has 4 bridgehead atoms. The van der Waals surface area contributed by atoms with Crippen molar-refractivity contribution in [2.45, 2.75) is 37.5 Å². The molecule has 0 unspecified atom stereocenters. The summed E-state index contributed by atoms with van der Waals surface area (Å²) < 4.78 is 2.76. The Morgan fingerprint density at radius 2 is 0.967 bits per heavy atom. The number of hydrogen-bond acceptors (Lipinski definition) is 4. The van der Waals surface area contributed by atoms with Crippen LogP contribution in [0.1, 0.15) is 43.2 Å². The second-order valence-electron chi connectivity index (χ2n) is 18.3. The number of rotatable bonds is 4. The molecule has 4 heteroatoms. The molecular formula is C57H41N3S. The van der Waals surface area contributed by atoms with Crippen molar-refractivity contribution in [3.63, 3.8) is 0 Å². The Labute approximate surface area is 358 Å². The molecule has 4 fully saturated rings. The van der Waals surface area contributed by atoms with Crippen LogP contribution in [0.15, 0.2) is 164 Å². The van der Waals surface area contributed by atoms with Crippen molar-refractivity contribution in [2.75, 3.05) is 0 Å². The molecule has 0 atom stereocenters. The molecule has 61 heavy (non-hydrogen) atoms. The second-order valence-corrected chi connectivity index (χ2v) is 19.4. The van der Waals surface area contributed by atoms with Crippen LogP contribution in [-0.2, 0) is 5.41 Å². The molecule has 2 heterocycles. The van der Waals surface area contributed by atoms with E-state index in [1.165, 1.54) is 96.1 Å². The summed E-state index contributed by atoms with van der Waals surface area (Å²) in [6.45, 7) is 0. The first-order chi connectivity index (χ1) is 30.2. The Hall–Kier alpha value is -6.49. The summed E-state index contributed by atoms with van der Waals surface area (Å²) in [6, 6.07) is 60.0. The second kappa shape index (κ2) is 12.8. The van der Waals surface area contributed by atoms with E-state index in [1.807, 2.05) is 17.4 Å². The smallest absolute Gasteiger partial charge is 0.164 e. The summed E-state index contributed by atoms with van der Waals surface area (Å²) in [7, 11) is 0. The highest BCUT2D eigenvalue weighted by molar-refractivity contribution is 7.26. The van der Waals surface area contributed by atoms with Crippen molar-refractivity contribution < 1.29 is 0 Å². The monoisotopic (exact) mass is 799 g/mol. The van der Waals surface area contributed by atoms with Gasteiger partial charge in [-0.2, -0.15) is 0 Å². The molecule has 2 aromatic heterocycles. The van der Waals surface area contributed by atoms with Crippen LogP contribution in [0.2, 0.25) is 0 Å². The first kappa shape index (κ1) is 34.2. The van der Waals surface area contributed by atoms with E-state index in [1.54, 1.807) is 11.1 Å². The molecular weight excluding hydrogens is 759 g/mol. The zero-order chi connectivity index (χ0) is 39.8. The van der Waals surface area contributed by atoms with Gasteiger partial charge in [-0.3, -0.25) is 0 Å². The predicted molar refractivity (Wildman–Crippen MR) is 253 cm³/mol. The fourth-order valence-electron chi connectivity index (χ4n) is 13.1. The molecule has 5 aliphatic carbocycles. The number of nitrogens with zero attached hydrogens (tertiary/aromatic N) is 3. The minimum Gasteiger partial charge on any atom is -0.208 e. The van der Waals surface area contributed by atoms with E-state index in [0.717, 1.165) is 28.5 Å². The summed E-state index contributed by atoms with van der Waals surface area (Å²) in [5.41, 5.74) is 11.7. The summed E-state index contributed by atoms with van der Waals surface area (Å²) in [5.74, 6) is 5.20. The summed E-state index contributed by atoms with van der Waals surface area (Å²) in [6.07, 6.45) is 6.89. The normalized spacial score (nSPS) is 22.2. The zero-order valence-electron chi connectivity index (χ0n) is 33.7. The number of hydrogen-bond donors (Lipinski definition) is 0. The van der Waals surface area contributed by atoms with Crippen LogP contribution in [0.25, 0.3) is 98.1 Å². The number of benzene rings is 8. The highest BCUT2D eigenvalue weighted by Crippen LogP contribution is 2.71. The minimum absolute atomic E-state index is 0.0402. The minimum atomic E-state index is 0.0402. The van der Waals surface area contributed by atoms with Crippen LogP contribution in [-0.4, -0.2) is 15.0 Å². The molecule has 0 aliphatic heterocycles. The van der Waals surface area contributed by atoms with Crippen LogP contribution in [0.4, 0.5) is 0 Å². The molecule has 10 aromatic rings. The lowest BCUT2D eigenvalue weighted by molar-refractivity contribution is -0.0387. The van der Waals surface area contributed by atoms with Crippen molar-refractivity contribution >= 4 is 53.1 Å². The van der Waals surface area contributed by atoms with Gasteiger partial charge in [0.15, 0.2) is 17.5 Å². The lowest BCUT2D eigenvalue weighted by Crippen LogP contribution is -2.55. The third kappa shape index (κ3) is 4.83. The van der Waals surface area contributed by atoms with Crippen LogP contribution in [0.5, 0.6) is 0 Å². The van der Waals surface area contributed by atoms with Gasteiger partial charge < -0.3 is 0 Å². The topological polar surface area (TPSA) is 38.7 Å². The van der Waals surface area contributed by atoms with E-state index < -0.39 is 0 Å². The van der Waals surface area contributed by atoms with Gasteiger partial charge in [0.05, 0.1) is 0 Å². The first-order valence-electron chi connectivity index (χ1n) is 22.1. The Balaban J connectivity index is 0.973. The quantitative estimate of drug-likeness (QED) is 0.178. The highest BCUT2D eigenvalue weighted by Gasteiger charge is 2.62. The Morgan fingerprint density at radius 3 is 1.74 bits per heavy atom. The Kier molecular flexibility index (Phi) is 7.17. The van der Waals surface area contributed by atoms with Crippen molar-refractivity contribution in [3.05, 3.63) is 175 Å². The molecule has 3 nitrogen and oxygen atoms in total. The van der Waals surface area contributed by atoms with E-state index in [-0.39, 0.29) is 5.41 Å².